The summed E-state index contributed by atoms with van der Waals surface area (Å²) in [6, 6.07) is 5.56. The third kappa shape index (κ3) is 1.98. The maximum absolute atomic E-state index is 12.0. The molecule has 0 saturated heterocycles. The molecule has 0 spiro atoms. The van der Waals surface area contributed by atoms with Crippen molar-refractivity contribution in [2.24, 2.45) is 5.41 Å². The van der Waals surface area contributed by atoms with Gasteiger partial charge in [0, 0.05) is 25.0 Å². The lowest BCUT2D eigenvalue weighted by Gasteiger charge is -2.26. The highest BCUT2D eigenvalue weighted by molar-refractivity contribution is 6.12. The second-order valence-corrected chi connectivity index (χ2v) is 5.02. The van der Waals surface area contributed by atoms with Gasteiger partial charge in [-0.05, 0) is 5.41 Å². The predicted molar refractivity (Wildman–Crippen MR) is 60.5 cm³/mol. The second kappa shape index (κ2) is 3.74. The van der Waals surface area contributed by atoms with Crippen LogP contribution in [-0.2, 0) is 4.79 Å². The first-order chi connectivity index (χ1) is 7.49. The molecule has 1 aliphatic rings. The van der Waals surface area contributed by atoms with Crippen LogP contribution in [0.2, 0.25) is 0 Å². The zero-order valence-electron chi connectivity index (χ0n) is 9.60. The fraction of sp³-hybridized carbons (Fsp3) is 0.385. The van der Waals surface area contributed by atoms with E-state index in [4.69, 9.17) is 0 Å². The zero-order valence-corrected chi connectivity index (χ0v) is 9.60. The van der Waals surface area contributed by atoms with Crippen LogP contribution in [0, 0.1) is 5.41 Å². The summed E-state index contributed by atoms with van der Waals surface area (Å²) < 4.78 is 1.69. The number of rotatable bonds is 1. The van der Waals surface area contributed by atoms with Crippen molar-refractivity contribution in [1.29, 1.82) is 0 Å². The highest BCUT2D eigenvalue weighted by Crippen LogP contribution is 2.35. The van der Waals surface area contributed by atoms with Crippen molar-refractivity contribution in [3.05, 3.63) is 36.4 Å². The summed E-state index contributed by atoms with van der Waals surface area (Å²) in [5.74, 6) is 0.197. The molecular weight excluding hydrogens is 202 g/mol. The topological polar surface area (TPSA) is 41.2 Å². The third-order valence-electron chi connectivity index (χ3n) is 2.80. The maximum Gasteiger partial charge on any atom is 0.291 e. The van der Waals surface area contributed by atoms with E-state index in [9.17, 15) is 9.90 Å². The maximum atomic E-state index is 12.0. The number of Topliss-reactive ketones (excluding diaryl/α,β-unsaturated/α-hetero) is 1. The van der Waals surface area contributed by atoms with E-state index < -0.39 is 0 Å². The zero-order chi connectivity index (χ0) is 11.8. The standard InChI is InChI=1S/C13H15NO2/c1-13(2)8-10(15)12(11(16)9-13)14-6-4-3-5-7-14/h3-7H,8-9H2,1-2H3/p+1. The number of carbonyl (C=O) groups excluding carboxylic acids is 1. The molecular formula is C13H16NO2+. The number of allylic oxidation sites excluding steroid dienone is 2. The van der Waals surface area contributed by atoms with Crippen LogP contribution >= 0.6 is 0 Å². The Labute approximate surface area is 95.0 Å². The van der Waals surface area contributed by atoms with E-state index in [1.807, 2.05) is 32.0 Å². The molecule has 1 heterocycles. The lowest BCUT2D eigenvalue weighted by atomic mass is 9.78. The van der Waals surface area contributed by atoms with E-state index >= 15 is 0 Å². The highest BCUT2D eigenvalue weighted by atomic mass is 16.3. The summed E-state index contributed by atoms with van der Waals surface area (Å²) in [4.78, 5) is 12.0. The molecule has 0 bridgehead atoms. The van der Waals surface area contributed by atoms with Gasteiger partial charge in [-0.15, -0.1) is 0 Å². The highest BCUT2D eigenvalue weighted by Gasteiger charge is 2.38. The Bertz CT molecular complexity index is 446. The molecule has 0 saturated carbocycles. The SMILES string of the molecule is CC1(C)CC(=O)C([n+]2ccccc2)=C(O)C1. The smallest absolute Gasteiger partial charge is 0.291 e. The number of pyridine rings is 1. The van der Waals surface area contributed by atoms with Crippen LogP contribution in [-0.4, -0.2) is 10.9 Å². The predicted octanol–water partition coefficient (Wildman–Crippen LogP) is 2.09. The summed E-state index contributed by atoms with van der Waals surface area (Å²) in [7, 11) is 0. The minimum atomic E-state index is -0.139. The van der Waals surface area contributed by atoms with Gasteiger partial charge in [0.2, 0.25) is 5.78 Å². The number of aromatic nitrogens is 1. The Hall–Kier alpha value is -1.64. The molecule has 16 heavy (non-hydrogen) atoms. The summed E-state index contributed by atoms with van der Waals surface area (Å²) in [5, 5.41) is 9.97. The van der Waals surface area contributed by atoms with Crippen molar-refractivity contribution >= 4 is 11.5 Å². The molecule has 0 unspecified atom stereocenters. The molecule has 2 rings (SSSR count). The molecule has 3 heteroatoms. The number of aliphatic hydroxyl groups excluding tert-OH is 1. The minimum absolute atomic E-state index is 0.00458. The molecule has 1 aromatic rings. The van der Waals surface area contributed by atoms with Gasteiger partial charge in [-0.2, -0.15) is 4.57 Å². The summed E-state index contributed by atoms with van der Waals surface area (Å²) in [6.07, 6.45) is 4.59. The second-order valence-electron chi connectivity index (χ2n) is 5.02. The van der Waals surface area contributed by atoms with E-state index in [0.29, 0.717) is 18.5 Å². The fourth-order valence-corrected chi connectivity index (χ4v) is 2.12. The molecule has 0 aromatic carbocycles. The molecule has 1 aliphatic carbocycles. The molecule has 1 aromatic heterocycles. The number of carbonyl (C=O) groups is 1. The lowest BCUT2D eigenvalue weighted by Crippen LogP contribution is -2.41. The molecule has 0 fully saturated rings. The fourth-order valence-electron chi connectivity index (χ4n) is 2.12. The molecule has 1 N–H and O–H groups in total. The van der Waals surface area contributed by atoms with E-state index in [0.717, 1.165) is 0 Å². The summed E-state index contributed by atoms with van der Waals surface area (Å²) >= 11 is 0. The number of aliphatic hydroxyl groups is 1. The minimum Gasteiger partial charge on any atom is -0.506 e. The average Bonchev–Trinajstić information content (AvgIpc) is 2.16. The van der Waals surface area contributed by atoms with Gasteiger partial charge in [0.05, 0.1) is 0 Å². The van der Waals surface area contributed by atoms with Gasteiger partial charge in [-0.1, -0.05) is 19.9 Å². The summed E-state index contributed by atoms with van der Waals surface area (Å²) in [5.41, 5.74) is 0.278. The lowest BCUT2D eigenvalue weighted by molar-refractivity contribution is -0.579. The Kier molecular flexibility index (Phi) is 2.54. The van der Waals surface area contributed by atoms with Gasteiger partial charge >= 0.3 is 0 Å². The van der Waals surface area contributed by atoms with Gasteiger partial charge in [-0.25, -0.2) is 0 Å². The Balaban J connectivity index is 2.45. The number of ketones is 1. The van der Waals surface area contributed by atoms with Crippen LogP contribution < -0.4 is 4.57 Å². The van der Waals surface area contributed by atoms with E-state index in [1.165, 1.54) is 0 Å². The number of hydrogen-bond acceptors (Lipinski definition) is 2. The van der Waals surface area contributed by atoms with Gasteiger partial charge < -0.3 is 5.11 Å². The largest absolute Gasteiger partial charge is 0.506 e. The van der Waals surface area contributed by atoms with Crippen molar-refractivity contribution < 1.29 is 14.5 Å². The molecule has 0 atom stereocenters. The van der Waals surface area contributed by atoms with Crippen molar-refractivity contribution in [3.63, 3.8) is 0 Å². The van der Waals surface area contributed by atoms with Crippen LogP contribution in [0.4, 0.5) is 0 Å². The van der Waals surface area contributed by atoms with E-state index in [2.05, 4.69) is 0 Å². The number of nitrogens with zero attached hydrogens (tertiary/aromatic N) is 1. The van der Waals surface area contributed by atoms with E-state index in [1.54, 1.807) is 17.0 Å². The normalized spacial score (nSPS) is 20.0. The van der Waals surface area contributed by atoms with Crippen molar-refractivity contribution in [2.45, 2.75) is 26.7 Å². The molecule has 3 nitrogen and oxygen atoms in total. The Morgan fingerprint density at radius 3 is 2.38 bits per heavy atom. The first-order valence-corrected chi connectivity index (χ1v) is 5.42. The van der Waals surface area contributed by atoms with Gasteiger partial charge in [0.25, 0.3) is 5.70 Å². The van der Waals surface area contributed by atoms with Crippen LogP contribution in [0.1, 0.15) is 26.7 Å². The Morgan fingerprint density at radius 1 is 1.19 bits per heavy atom. The van der Waals surface area contributed by atoms with Crippen LogP contribution in [0.5, 0.6) is 0 Å². The molecule has 0 aliphatic heterocycles. The molecule has 84 valence electrons. The Morgan fingerprint density at radius 2 is 1.81 bits per heavy atom. The van der Waals surface area contributed by atoms with Gasteiger partial charge in [0.15, 0.2) is 18.2 Å². The van der Waals surface area contributed by atoms with Crippen LogP contribution in [0.3, 0.4) is 0 Å². The van der Waals surface area contributed by atoms with Crippen molar-refractivity contribution in [2.75, 3.05) is 0 Å². The van der Waals surface area contributed by atoms with Crippen molar-refractivity contribution in [1.82, 2.24) is 0 Å². The summed E-state index contributed by atoms with van der Waals surface area (Å²) in [6.45, 7) is 3.99. The first-order valence-electron chi connectivity index (χ1n) is 5.42. The van der Waals surface area contributed by atoms with E-state index in [-0.39, 0.29) is 17.0 Å². The van der Waals surface area contributed by atoms with Gasteiger partial charge in [-0.3, -0.25) is 4.79 Å². The quantitative estimate of drug-likeness (QED) is 0.733. The van der Waals surface area contributed by atoms with Crippen molar-refractivity contribution in [3.8, 4) is 0 Å². The van der Waals surface area contributed by atoms with Crippen LogP contribution in [0.25, 0.3) is 5.70 Å². The molecule has 0 radical (unpaired) electrons. The monoisotopic (exact) mass is 218 g/mol. The average molecular weight is 218 g/mol. The number of hydrogen-bond donors (Lipinski definition) is 1. The third-order valence-corrected chi connectivity index (χ3v) is 2.80. The molecule has 0 amide bonds. The van der Waals surface area contributed by atoms with Crippen LogP contribution in [0.15, 0.2) is 36.4 Å². The van der Waals surface area contributed by atoms with Gasteiger partial charge in [0.1, 0.15) is 0 Å². The first kappa shape index (κ1) is 10.9.